The molecule has 1 aliphatic rings. The van der Waals surface area contributed by atoms with Gasteiger partial charge in [0.1, 0.15) is 5.75 Å². The van der Waals surface area contributed by atoms with Gasteiger partial charge in [-0.05, 0) is 49.6 Å². The minimum Gasteiger partial charge on any atom is -0.497 e. The first-order valence-electron chi connectivity index (χ1n) is 7.95. The molecule has 4 nitrogen and oxygen atoms in total. The summed E-state index contributed by atoms with van der Waals surface area (Å²) in [5.74, 6) is 0.836. The predicted octanol–water partition coefficient (Wildman–Crippen LogP) is 4.37. The lowest BCUT2D eigenvalue weighted by molar-refractivity contribution is 0.207. The van der Waals surface area contributed by atoms with E-state index in [-0.39, 0.29) is 12.1 Å². The average molecular weight is 310 g/mol. The van der Waals surface area contributed by atoms with Gasteiger partial charge in [0.15, 0.2) is 0 Å². The highest BCUT2D eigenvalue weighted by Crippen LogP contribution is 2.33. The number of carbonyl (C=O) groups excluding carboxylic acids is 1. The van der Waals surface area contributed by atoms with Crippen LogP contribution in [0, 0.1) is 6.92 Å². The standard InChI is InChI=1S/C19H22N2O2/c1-14-5-9-16(10-6-14)20-19(22)21-13-3-4-18(21)15-7-11-17(23-2)12-8-15/h5-12,18H,3-4,13H2,1-2H3,(H,20,22)/t18-/m1/s1. The smallest absolute Gasteiger partial charge is 0.322 e. The van der Waals surface area contributed by atoms with Gasteiger partial charge in [-0.15, -0.1) is 0 Å². The molecule has 120 valence electrons. The summed E-state index contributed by atoms with van der Waals surface area (Å²) in [7, 11) is 1.66. The number of hydrogen-bond donors (Lipinski definition) is 1. The third kappa shape index (κ3) is 3.47. The lowest BCUT2D eigenvalue weighted by Gasteiger charge is -2.25. The van der Waals surface area contributed by atoms with Gasteiger partial charge in [0.05, 0.1) is 13.2 Å². The zero-order valence-electron chi connectivity index (χ0n) is 13.6. The van der Waals surface area contributed by atoms with Gasteiger partial charge in [-0.2, -0.15) is 0 Å². The van der Waals surface area contributed by atoms with E-state index < -0.39 is 0 Å². The lowest BCUT2D eigenvalue weighted by Crippen LogP contribution is -2.34. The van der Waals surface area contributed by atoms with Crippen LogP contribution in [0.25, 0.3) is 0 Å². The molecule has 1 saturated heterocycles. The van der Waals surface area contributed by atoms with Gasteiger partial charge in [-0.3, -0.25) is 0 Å². The topological polar surface area (TPSA) is 41.6 Å². The lowest BCUT2D eigenvalue weighted by atomic mass is 10.0. The average Bonchev–Trinajstić information content (AvgIpc) is 3.07. The SMILES string of the molecule is COc1ccc([C@H]2CCCN2C(=O)Nc2ccc(C)cc2)cc1. The summed E-state index contributed by atoms with van der Waals surface area (Å²) in [5, 5.41) is 3.00. The van der Waals surface area contributed by atoms with E-state index in [9.17, 15) is 4.79 Å². The normalized spacial score (nSPS) is 17.1. The molecule has 2 aromatic rings. The number of nitrogens with zero attached hydrogens (tertiary/aromatic N) is 1. The maximum atomic E-state index is 12.6. The number of ether oxygens (including phenoxy) is 1. The molecule has 0 unspecified atom stereocenters. The van der Waals surface area contributed by atoms with E-state index in [4.69, 9.17) is 4.74 Å². The summed E-state index contributed by atoms with van der Waals surface area (Å²) in [4.78, 5) is 14.5. The highest BCUT2D eigenvalue weighted by atomic mass is 16.5. The van der Waals surface area contributed by atoms with E-state index in [1.165, 1.54) is 5.56 Å². The molecule has 1 heterocycles. The monoisotopic (exact) mass is 310 g/mol. The van der Waals surface area contributed by atoms with Crippen molar-refractivity contribution in [3.05, 3.63) is 59.7 Å². The number of rotatable bonds is 3. The van der Waals surface area contributed by atoms with Crippen molar-refractivity contribution in [1.82, 2.24) is 4.90 Å². The van der Waals surface area contributed by atoms with Crippen molar-refractivity contribution in [3.8, 4) is 5.75 Å². The second-order valence-corrected chi connectivity index (χ2v) is 5.92. The highest BCUT2D eigenvalue weighted by molar-refractivity contribution is 5.89. The summed E-state index contributed by atoms with van der Waals surface area (Å²) >= 11 is 0. The Hall–Kier alpha value is -2.49. The largest absolute Gasteiger partial charge is 0.497 e. The van der Waals surface area contributed by atoms with E-state index in [1.54, 1.807) is 7.11 Å². The van der Waals surface area contributed by atoms with E-state index >= 15 is 0 Å². The van der Waals surface area contributed by atoms with Crippen molar-refractivity contribution < 1.29 is 9.53 Å². The molecule has 3 rings (SSSR count). The van der Waals surface area contributed by atoms with E-state index in [2.05, 4.69) is 5.32 Å². The minimum absolute atomic E-state index is 0.0350. The van der Waals surface area contributed by atoms with Crippen molar-refractivity contribution in [2.45, 2.75) is 25.8 Å². The number of nitrogens with one attached hydrogen (secondary N) is 1. The molecule has 0 aromatic heterocycles. The molecule has 2 amide bonds. The number of amides is 2. The minimum atomic E-state index is -0.0350. The fraction of sp³-hybridized carbons (Fsp3) is 0.316. The number of hydrogen-bond acceptors (Lipinski definition) is 2. The molecule has 2 aromatic carbocycles. The number of benzene rings is 2. The molecular weight excluding hydrogens is 288 g/mol. The number of carbonyl (C=O) groups is 1. The van der Waals surface area contributed by atoms with Gasteiger partial charge >= 0.3 is 6.03 Å². The predicted molar refractivity (Wildman–Crippen MR) is 91.9 cm³/mol. The maximum Gasteiger partial charge on any atom is 0.322 e. The van der Waals surface area contributed by atoms with Crippen LogP contribution in [-0.2, 0) is 0 Å². The molecule has 0 bridgehead atoms. The molecule has 1 N–H and O–H groups in total. The summed E-state index contributed by atoms with van der Waals surface area (Å²) < 4.78 is 5.20. The molecule has 0 spiro atoms. The van der Waals surface area contributed by atoms with Gasteiger partial charge in [-0.1, -0.05) is 29.8 Å². The summed E-state index contributed by atoms with van der Waals surface area (Å²) in [6.07, 6.45) is 2.02. The Morgan fingerprint density at radius 2 is 1.83 bits per heavy atom. The quantitative estimate of drug-likeness (QED) is 0.914. The van der Waals surface area contributed by atoms with Crippen molar-refractivity contribution in [2.75, 3.05) is 19.0 Å². The van der Waals surface area contributed by atoms with Gasteiger partial charge in [0, 0.05) is 12.2 Å². The Balaban J connectivity index is 1.72. The van der Waals surface area contributed by atoms with Crippen molar-refractivity contribution in [3.63, 3.8) is 0 Å². The summed E-state index contributed by atoms with van der Waals surface area (Å²) in [6.45, 7) is 2.82. The third-order valence-corrected chi connectivity index (χ3v) is 4.32. The third-order valence-electron chi connectivity index (χ3n) is 4.32. The number of likely N-dealkylation sites (tertiary alicyclic amines) is 1. The first kappa shape index (κ1) is 15.4. The number of urea groups is 1. The highest BCUT2D eigenvalue weighted by Gasteiger charge is 2.29. The number of methoxy groups -OCH3 is 1. The van der Waals surface area contributed by atoms with Crippen molar-refractivity contribution in [1.29, 1.82) is 0 Å². The van der Waals surface area contributed by atoms with Gasteiger partial charge in [0.2, 0.25) is 0 Å². The molecular formula is C19H22N2O2. The molecule has 4 heteroatoms. The molecule has 0 aliphatic carbocycles. The Morgan fingerprint density at radius 3 is 2.48 bits per heavy atom. The van der Waals surface area contributed by atoms with E-state index in [0.29, 0.717) is 0 Å². The van der Waals surface area contributed by atoms with Crippen LogP contribution in [0.5, 0.6) is 5.75 Å². The first-order valence-corrected chi connectivity index (χ1v) is 7.95. The fourth-order valence-electron chi connectivity index (χ4n) is 3.01. The van der Waals surface area contributed by atoms with Crippen LogP contribution < -0.4 is 10.1 Å². The van der Waals surface area contributed by atoms with Crippen molar-refractivity contribution >= 4 is 11.7 Å². The van der Waals surface area contributed by atoms with Gasteiger partial charge in [-0.25, -0.2) is 4.79 Å². The summed E-state index contributed by atoms with van der Waals surface area (Å²) in [5.41, 5.74) is 3.17. The maximum absolute atomic E-state index is 12.6. The number of anilines is 1. The number of aryl methyl sites for hydroxylation is 1. The molecule has 1 fully saturated rings. The Bertz CT molecular complexity index is 665. The van der Waals surface area contributed by atoms with Crippen LogP contribution in [-0.4, -0.2) is 24.6 Å². The molecule has 1 aliphatic heterocycles. The first-order chi connectivity index (χ1) is 11.2. The Morgan fingerprint density at radius 1 is 1.13 bits per heavy atom. The Labute approximate surface area is 137 Å². The zero-order valence-corrected chi connectivity index (χ0v) is 13.6. The second-order valence-electron chi connectivity index (χ2n) is 5.92. The fourth-order valence-corrected chi connectivity index (χ4v) is 3.01. The van der Waals surface area contributed by atoms with Crippen LogP contribution >= 0.6 is 0 Å². The van der Waals surface area contributed by atoms with E-state index in [0.717, 1.165) is 36.4 Å². The van der Waals surface area contributed by atoms with Gasteiger partial charge in [0.25, 0.3) is 0 Å². The molecule has 23 heavy (non-hydrogen) atoms. The van der Waals surface area contributed by atoms with Crippen LogP contribution in [0.2, 0.25) is 0 Å². The van der Waals surface area contributed by atoms with Gasteiger partial charge < -0.3 is 15.0 Å². The second kappa shape index (κ2) is 6.73. The van der Waals surface area contributed by atoms with Crippen LogP contribution in [0.3, 0.4) is 0 Å². The van der Waals surface area contributed by atoms with Crippen LogP contribution in [0.4, 0.5) is 10.5 Å². The summed E-state index contributed by atoms with van der Waals surface area (Å²) in [6, 6.07) is 16.0. The van der Waals surface area contributed by atoms with Crippen molar-refractivity contribution in [2.24, 2.45) is 0 Å². The van der Waals surface area contributed by atoms with Crippen LogP contribution in [0.15, 0.2) is 48.5 Å². The van der Waals surface area contributed by atoms with Crippen LogP contribution in [0.1, 0.15) is 30.0 Å². The zero-order chi connectivity index (χ0) is 16.2. The van der Waals surface area contributed by atoms with E-state index in [1.807, 2.05) is 60.4 Å². The molecule has 0 saturated carbocycles. The molecule has 0 radical (unpaired) electrons. The Kier molecular flexibility index (Phi) is 4.51. The molecule has 1 atom stereocenters.